The van der Waals surface area contributed by atoms with Crippen molar-refractivity contribution < 1.29 is 9.72 Å². The first-order chi connectivity index (χ1) is 12.0. The summed E-state index contributed by atoms with van der Waals surface area (Å²) in [5, 5.41) is 10.8. The van der Waals surface area contributed by atoms with Crippen LogP contribution in [0.1, 0.15) is 36.7 Å². The molecule has 1 saturated heterocycles. The molecule has 130 valence electrons. The molecule has 0 radical (unpaired) electrons. The lowest BCUT2D eigenvalue weighted by Gasteiger charge is -2.22. The Hall–Kier alpha value is -2.70. The number of amides is 1. The Bertz CT molecular complexity index is 831. The molecule has 2 aromatic rings. The molecule has 2 fully saturated rings. The van der Waals surface area contributed by atoms with E-state index < -0.39 is 12.0 Å². The summed E-state index contributed by atoms with van der Waals surface area (Å²) < 4.78 is 0. The van der Waals surface area contributed by atoms with Crippen LogP contribution in [0, 0.1) is 23.0 Å². The van der Waals surface area contributed by atoms with E-state index >= 15 is 0 Å². The van der Waals surface area contributed by atoms with Crippen molar-refractivity contribution in [2.75, 3.05) is 6.54 Å². The maximum Gasteiger partial charge on any atom is 0.233 e. The van der Waals surface area contributed by atoms with Crippen LogP contribution < -0.4 is 0 Å². The molecular formula is C18H20N4O3. The molecule has 1 aromatic carbocycles. The maximum atomic E-state index is 12.6. The number of hydrogen-bond donors (Lipinski definition) is 1. The fourth-order valence-corrected chi connectivity index (χ4v) is 3.67. The molecule has 4 rings (SSSR count). The Kier molecular flexibility index (Phi) is 3.78. The van der Waals surface area contributed by atoms with Gasteiger partial charge in [-0.1, -0.05) is 23.8 Å². The number of benzene rings is 1. The standard InChI is InChI=1S/C18H20N4O3/c1-11-4-2-5-12(8-11)14-10-19-17(20-14)15-6-3-7-21(15)18(23)13-9-16(13)22(24)25/h2,4-5,8,10,13,15-16H,3,6-7,9H2,1H3,(H,19,20). The summed E-state index contributed by atoms with van der Waals surface area (Å²) in [7, 11) is 0. The lowest BCUT2D eigenvalue weighted by molar-refractivity contribution is -0.497. The molecule has 2 heterocycles. The van der Waals surface area contributed by atoms with Crippen LogP contribution >= 0.6 is 0 Å². The lowest BCUT2D eigenvalue weighted by Crippen LogP contribution is -2.33. The van der Waals surface area contributed by atoms with Crippen molar-refractivity contribution >= 4 is 5.91 Å². The average Bonchev–Trinajstić information content (AvgIpc) is 3.02. The lowest BCUT2D eigenvalue weighted by atomic mass is 10.1. The first-order valence-electron chi connectivity index (χ1n) is 8.60. The molecule has 1 aromatic heterocycles. The number of aryl methyl sites for hydroxylation is 1. The van der Waals surface area contributed by atoms with E-state index in [0.717, 1.165) is 29.9 Å². The number of aromatic amines is 1. The fraction of sp³-hybridized carbons (Fsp3) is 0.444. The van der Waals surface area contributed by atoms with Crippen LogP contribution in [0.4, 0.5) is 0 Å². The topological polar surface area (TPSA) is 92.1 Å². The van der Waals surface area contributed by atoms with Gasteiger partial charge in [0.2, 0.25) is 11.9 Å². The SMILES string of the molecule is Cc1cccc(-c2cnc(C3CCCN3C(=O)C3CC3[N+](=O)[O-])[nH]2)c1. The molecule has 7 heteroatoms. The second kappa shape index (κ2) is 5.98. The van der Waals surface area contributed by atoms with Gasteiger partial charge in [0, 0.05) is 17.9 Å². The highest BCUT2D eigenvalue weighted by atomic mass is 16.6. The Morgan fingerprint density at radius 2 is 2.28 bits per heavy atom. The number of aromatic nitrogens is 2. The van der Waals surface area contributed by atoms with Crippen molar-refractivity contribution in [3.63, 3.8) is 0 Å². The molecule has 2 aliphatic rings. The zero-order valence-electron chi connectivity index (χ0n) is 14.0. The number of nitrogens with zero attached hydrogens (tertiary/aromatic N) is 3. The number of rotatable bonds is 4. The van der Waals surface area contributed by atoms with Crippen molar-refractivity contribution in [2.45, 2.75) is 38.3 Å². The Labute approximate surface area is 145 Å². The summed E-state index contributed by atoms with van der Waals surface area (Å²) >= 11 is 0. The number of imidazole rings is 1. The molecule has 1 N–H and O–H groups in total. The summed E-state index contributed by atoms with van der Waals surface area (Å²) in [6, 6.07) is 7.34. The summed E-state index contributed by atoms with van der Waals surface area (Å²) in [6.45, 7) is 2.68. The van der Waals surface area contributed by atoms with Crippen molar-refractivity contribution in [2.24, 2.45) is 5.92 Å². The number of carbonyl (C=O) groups excluding carboxylic acids is 1. The Morgan fingerprint density at radius 1 is 1.44 bits per heavy atom. The van der Waals surface area contributed by atoms with Gasteiger partial charge in [-0.05, 0) is 31.4 Å². The van der Waals surface area contributed by atoms with Gasteiger partial charge >= 0.3 is 0 Å². The third-order valence-corrected chi connectivity index (χ3v) is 5.12. The summed E-state index contributed by atoms with van der Waals surface area (Å²) in [5.41, 5.74) is 3.16. The summed E-state index contributed by atoms with van der Waals surface area (Å²) in [4.78, 5) is 32.7. The second-order valence-corrected chi connectivity index (χ2v) is 6.94. The van der Waals surface area contributed by atoms with Gasteiger partial charge in [0.05, 0.1) is 17.9 Å². The van der Waals surface area contributed by atoms with Crippen molar-refractivity contribution in [1.82, 2.24) is 14.9 Å². The predicted octanol–water partition coefficient (Wildman–Crippen LogP) is 2.71. The Balaban J connectivity index is 1.53. The van der Waals surface area contributed by atoms with E-state index in [4.69, 9.17) is 0 Å². The van der Waals surface area contributed by atoms with Gasteiger partial charge in [0.25, 0.3) is 0 Å². The minimum atomic E-state index is -0.701. The highest BCUT2D eigenvalue weighted by molar-refractivity contribution is 5.82. The normalized spacial score (nSPS) is 25.2. The molecule has 1 saturated carbocycles. The van der Waals surface area contributed by atoms with Crippen LogP contribution in [0.25, 0.3) is 11.3 Å². The van der Waals surface area contributed by atoms with E-state index in [0.29, 0.717) is 13.0 Å². The highest BCUT2D eigenvalue weighted by Crippen LogP contribution is 2.40. The van der Waals surface area contributed by atoms with Gasteiger partial charge in [-0.15, -0.1) is 0 Å². The quantitative estimate of drug-likeness (QED) is 0.684. The molecule has 1 aliphatic heterocycles. The second-order valence-electron chi connectivity index (χ2n) is 6.94. The minimum Gasteiger partial charge on any atom is -0.340 e. The van der Waals surface area contributed by atoms with E-state index in [2.05, 4.69) is 16.0 Å². The van der Waals surface area contributed by atoms with Crippen molar-refractivity contribution in [3.8, 4) is 11.3 Å². The van der Waals surface area contributed by atoms with Gasteiger partial charge in [-0.3, -0.25) is 14.9 Å². The molecule has 1 aliphatic carbocycles. The number of hydrogen-bond acceptors (Lipinski definition) is 4. The molecule has 0 bridgehead atoms. The summed E-state index contributed by atoms with van der Waals surface area (Å²) in [5.74, 6) is 0.208. The van der Waals surface area contributed by atoms with E-state index in [9.17, 15) is 14.9 Å². The number of nitrogens with one attached hydrogen (secondary N) is 1. The van der Waals surface area contributed by atoms with Crippen molar-refractivity contribution in [3.05, 3.63) is 52.0 Å². The molecule has 3 unspecified atom stereocenters. The highest BCUT2D eigenvalue weighted by Gasteiger charge is 2.55. The minimum absolute atomic E-state index is 0.0993. The predicted molar refractivity (Wildman–Crippen MR) is 91.3 cm³/mol. The zero-order valence-corrected chi connectivity index (χ0v) is 14.0. The Morgan fingerprint density at radius 3 is 3.00 bits per heavy atom. The van der Waals surface area contributed by atoms with Gasteiger partial charge < -0.3 is 9.88 Å². The van der Waals surface area contributed by atoms with Gasteiger partial charge in [0.1, 0.15) is 11.7 Å². The van der Waals surface area contributed by atoms with Crippen LogP contribution in [-0.2, 0) is 4.79 Å². The van der Waals surface area contributed by atoms with E-state index in [1.165, 1.54) is 5.56 Å². The molecule has 25 heavy (non-hydrogen) atoms. The fourth-order valence-electron chi connectivity index (χ4n) is 3.67. The van der Waals surface area contributed by atoms with Crippen molar-refractivity contribution in [1.29, 1.82) is 0 Å². The third-order valence-electron chi connectivity index (χ3n) is 5.12. The maximum absolute atomic E-state index is 12.6. The molecule has 3 atom stereocenters. The molecule has 0 spiro atoms. The third kappa shape index (κ3) is 2.90. The van der Waals surface area contributed by atoms with Gasteiger partial charge in [-0.2, -0.15) is 0 Å². The average molecular weight is 340 g/mol. The van der Waals surface area contributed by atoms with E-state index in [-0.39, 0.29) is 16.9 Å². The van der Waals surface area contributed by atoms with Gasteiger partial charge in [-0.25, -0.2) is 4.98 Å². The zero-order chi connectivity index (χ0) is 17.6. The molecule has 7 nitrogen and oxygen atoms in total. The van der Waals surface area contributed by atoms with Gasteiger partial charge in [0.15, 0.2) is 0 Å². The van der Waals surface area contributed by atoms with Crippen LogP contribution in [-0.4, -0.2) is 38.3 Å². The largest absolute Gasteiger partial charge is 0.340 e. The first kappa shape index (κ1) is 15.8. The molecule has 1 amide bonds. The smallest absolute Gasteiger partial charge is 0.233 e. The van der Waals surface area contributed by atoms with Crippen LogP contribution in [0.15, 0.2) is 30.5 Å². The summed E-state index contributed by atoms with van der Waals surface area (Å²) in [6.07, 6.45) is 3.89. The number of nitro groups is 1. The van der Waals surface area contributed by atoms with Crippen LogP contribution in [0.2, 0.25) is 0 Å². The van der Waals surface area contributed by atoms with Crippen LogP contribution in [0.3, 0.4) is 0 Å². The van der Waals surface area contributed by atoms with E-state index in [1.807, 2.05) is 25.1 Å². The number of H-pyrrole nitrogens is 1. The van der Waals surface area contributed by atoms with E-state index in [1.54, 1.807) is 11.1 Å². The monoisotopic (exact) mass is 340 g/mol. The first-order valence-corrected chi connectivity index (χ1v) is 8.60. The van der Waals surface area contributed by atoms with Crippen LogP contribution in [0.5, 0.6) is 0 Å². The number of carbonyl (C=O) groups is 1. The number of likely N-dealkylation sites (tertiary alicyclic amines) is 1. The molecular weight excluding hydrogens is 320 g/mol.